The third kappa shape index (κ3) is 4.43. The fraction of sp³-hybridized carbons (Fsp3) is 0.375. The first kappa shape index (κ1) is 15.3. The molecule has 0 aliphatic rings. The fourth-order valence-electron chi connectivity index (χ4n) is 2.05. The molecule has 0 saturated carbocycles. The number of benzene rings is 1. The van der Waals surface area contributed by atoms with Crippen LogP contribution in [0.15, 0.2) is 40.9 Å². The van der Waals surface area contributed by atoms with Crippen LogP contribution in [0.5, 0.6) is 0 Å². The number of amides is 1. The normalized spacial score (nSPS) is 13.7. The SMILES string of the molecule is Cc1cnc(C(C)NC(=O)[C@@H](N)CCc2ccccc2)o1. The Hall–Kier alpha value is -2.14. The van der Waals surface area contributed by atoms with Crippen LogP contribution in [0.2, 0.25) is 0 Å². The van der Waals surface area contributed by atoms with Gasteiger partial charge in [0.1, 0.15) is 11.8 Å². The molecule has 0 saturated heterocycles. The van der Waals surface area contributed by atoms with Crippen LogP contribution in [0.4, 0.5) is 0 Å². The predicted molar refractivity (Wildman–Crippen MR) is 80.5 cm³/mol. The molecule has 1 aromatic carbocycles. The summed E-state index contributed by atoms with van der Waals surface area (Å²) in [6.07, 6.45) is 3.02. The highest BCUT2D eigenvalue weighted by molar-refractivity contribution is 5.81. The zero-order valence-electron chi connectivity index (χ0n) is 12.4. The van der Waals surface area contributed by atoms with E-state index in [0.29, 0.717) is 12.3 Å². The zero-order valence-corrected chi connectivity index (χ0v) is 12.4. The highest BCUT2D eigenvalue weighted by Crippen LogP contribution is 2.12. The molecule has 112 valence electrons. The first-order valence-corrected chi connectivity index (χ1v) is 7.08. The summed E-state index contributed by atoms with van der Waals surface area (Å²) in [5.74, 6) is 1.03. The Labute approximate surface area is 124 Å². The number of nitrogens with zero attached hydrogens (tertiary/aromatic N) is 1. The summed E-state index contributed by atoms with van der Waals surface area (Å²) in [5.41, 5.74) is 7.11. The Morgan fingerprint density at radius 1 is 1.38 bits per heavy atom. The quantitative estimate of drug-likeness (QED) is 0.852. The summed E-state index contributed by atoms with van der Waals surface area (Å²) in [6, 6.07) is 9.17. The number of aryl methyl sites for hydroxylation is 2. The standard InChI is InChI=1S/C16H21N3O2/c1-11-10-18-16(21-11)12(2)19-15(20)14(17)9-8-13-6-4-3-5-7-13/h3-7,10,12,14H,8-9,17H2,1-2H3,(H,19,20)/t12?,14-/m0/s1. The molecule has 0 bridgehead atoms. The lowest BCUT2D eigenvalue weighted by Gasteiger charge is -2.15. The number of aromatic nitrogens is 1. The van der Waals surface area contributed by atoms with Crippen LogP contribution in [-0.4, -0.2) is 16.9 Å². The smallest absolute Gasteiger partial charge is 0.237 e. The largest absolute Gasteiger partial charge is 0.444 e. The molecule has 1 aromatic heterocycles. The monoisotopic (exact) mass is 287 g/mol. The third-order valence-electron chi connectivity index (χ3n) is 3.29. The minimum absolute atomic E-state index is 0.186. The van der Waals surface area contributed by atoms with Crippen LogP contribution in [-0.2, 0) is 11.2 Å². The minimum Gasteiger partial charge on any atom is -0.444 e. The summed E-state index contributed by atoms with van der Waals surface area (Å²) in [7, 11) is 0. The molecule has 5 nitrogen and oxygen atoms in total. The summed E-state index contributed by atoms with van der Waals surface area (Å²) in [6.45, 7) is 3.64. The first-order valence-electron chi connectivity index (χ1n) is 7.08. The summed E-state index contributed by atoms with van der Waals surface area (Å²) < 4.78 is 5.39. The topological polar surface area (TPSA) is 81.2 Å². The van der Waals surface area contributed by atoms with Crippen LogP contribution in [0.25, 0.3) is 0 Å². The van der Waals surface area contributed by atoms with Gasteiger partial charge in [-0.15, -0.1) is 0 Å². The molecule has 0 fully saturated rings. The Kier molecular flexibility index (Phi) is 5.11. The van der Waals surface area contributed by atoms with E-state index in [-0.39, 0.29) is 11.9 Å². The molecule has 0 aliphatic carbocycles. The molecule has 2 aromatic rings. The van der Waals surface area contributed by atoms with Crippen molar-refractivity contribution >= 4 is 5.91 Å². The maximum absolute atomic E-state index is 12.0. The summed E-state index contributed by atoms with van der Waals surface area (Å²) in [4.78, 5) is 16.1. The maximum Gasteiger partial charge on any atom is 0.237 e. The molecule has 1 heterocycles. The fourth-order valence-corrected chi connectivity index (χ4v) is 2.05. The van der Waals surface area contributed by atoms with E-state index in [4.69, 9.17) is 10.2 Å². The van der Waals surface area contributed by atoms with Gasteiger partial charge in [-0.3, -0.25) is 4.79 Å². The van der Waals surface area contributed by atoms with Crippen LogP contribution in [0.3, 0.4) is 0 Å². The van der Waals surface area contributed by atoms with Gasteiger partial charge in [-0.05, 0) is 32.3 Å². The molecular weight excluding hydrogens is 266 g/mol. The number of carbonyl (C=O) groups is 1. The maximum atomic E-state index is 12.0. The second kappa shape index (κ2) is 7.04. The van der Waals surface area contributed by atoms with Crippen molar-refractivity contribution in [2.45, 2.75) is 38.8 Å². The lowest BCUT2D eigenvalue weighted by molar-refractivity contribution is -0.123. The Morgan fingerprint density at radius 3 is 2.71 bits per heavy atom. The van der Waals surface area contributed by atoms with Gasteiger partial charge >= 0.3 is 0 Å². The molecular formula is C16H21N3O2. The van der Waals surface area contributed by atoms with Gasteiger partial charge in [0.15, 0.2) is 0 Å². The Balaban J connectivity index is 1.82. The average molecular weight is 287 g/mol. The van der Waals surface area contributed by atoms with Crippen molar-refractivity contribution in [3.8, 4) is 0 Å². The van der Waals surface area contributed by atoms with E-state index in [9.17, 15) is 4.79 Å². The highest BCUT2D eigenvalue weighted by Gasteiger charge is 2.19. The van der Waals surface area contributed by atoms with Gasteiger partial charge in [0.2, 0.25) is 11.8 Å². The van der Waals surface area contributed by atoms with Crippen molar-refractivity contribution in [2.75, 3.05) is 0 Å². The van der Waals surface area contributed by atoms with E-state index in [2.05, 4.69) is 10.3 Å². The number of hydrogen-bond acceptors (Lipinski definition) is 4. The van der Waals surface area contributed by atoms with Crippen LogP contribution in [0.1, 0.15) is 36.6 Å². The van der Waals surface area contributed by atoms with E-state index in [0.717, 1.165) is 12.2 Å². The van der Waals surface area contributed by atoms with Gasteiger partial charge in [0.25, 0.3) is 0 Å². The van der Waals surface area contributed by atoms with Gasteiger partial charge < -0.3 is 15.5 Å². The van der Waals surface area contributed by atoms with E-state index in [1.807, 2.05) is 44.2 Å². The van der Waals surface area contributed by atoms with Gasteiger partial charge in [-0.2, -0.15) is 0 Å². The molecule has 3 N–H and O–H groups in total. The molecule has 0 radical (unpaired) electrons. The van der Waals surface area contributed by atoms with E-state index in [1.165, 1.54) is 5.56 Å². The van der Waals surface area contributed by atoms with Gasteiger partial charge in [-0.1, -0.05) is 30.3 Å². The van der Waals surface area contributed by atoms with Gasteiger partial charge in [0, 0.05) is 0 Å². The average Bonchev–Trinajstić information content (AvgIpc) is 2.92. The lowest BCUT2D eigenvalue weighted by Crippen LogP contribution is -2.41. The molecule has 0 spiro atoms. The van der Waals surface area contributed by atoms with Crippen molar-refractivity contribution in [1.82, 2.24) is 10.3 Å². The molecule has 5 heteroatoms. The van der Waals surface area contributed by atoms with Gasteiger partial charge in [-0.25, -0.2) is 4.98 Å². The Morgan fingerprint density at radius 2 is 2.10 bits per heavy atom. The predicted octanol–water partition coefficient (Wildman–Crippen LogP) is 2.12. The Bertz CT molecular complexity index is 580. The number of nitrogens with two attached hydrogens (primary N) is 1. The highest BCUT2D eigenvalue weighted by atomic mass is 16.4. The number of rotatable bonds is 6. The summed E-state index contributed by atoms with van der Waals surface area (Å²) >= 11 is 0. The molecule has 2 rings (SSSR count). The molecule has 21 heavy (non-hydrogen) atoms. The molecule has 0 aliphatic heterocycles. The zero-order chi connectivity index (χ0) is 15.2. The van der Waals surface area contributed by atoms with Crippen molar-refractivity contribution in [3.63, 3.8) is 0 Å². The first-order chi connectivity index (χ1) is 10.1. The molecule has 2 atom stereocenters. The van der Waals surface area contributed by atoms with E-state index < -0.39 is 6.04 Å². The van der Waals surface area contributed by atoms with Crippen LogP contribution < -0.4 is 11.1 Å². The second-order valence-electron chi connectivity index (χ2n) is 5.17. The van der Waals surface area contributed by atoms with Crippen molar-refractivity contribution in [1.29, 1.82) is 0 Å². The van der Waals surface area contributed by atoms with E-state index >= 15 is 0 Å². The van der Waals surface area contributed by atoms with E-state index in [1.54, 1.807) is 6.20 Å². The minimum atomic E-state index is -0.538. The number of oxazole rings is 1. The van der Waals surface area contributed by atoms with Gasteiger partial charge in [0.05, 0.1) is 12.2 Å². The van der Waals surface area contributed by atoms with Crippen LogP contribution >= 0.6 is 0 Å². The second-order valence-corrected chi connectivity index (χ2v) is 5.17. The number of carbonyl (C=O) groups excluding carboxylic acids is 1. The molecule has 1 amide bonds. The number of nitrogens with one attached hydrogen (secondary N) is 1. The number of hydrogen-bond donors (Lipinski definition) is 2. The van der Waals surface area contributed by atoms with Crippen molar-refractivity contribution in [2.24, 2.45) is 5.73 Å². The van der Waals surface area contributed by atoms with Crippen molar-refractivity contribution in [3.05, 3.63) is 53.7 Å². The lowest BCUT2D eigenvalue weighted by atomic mass is 10.1. The molecule has 1 unspecified atom stereocenters. The van der Waals surface area contributed by atoms with Crippen molar-refractivity contribution < 1.29 is 9.21 Å². The third-order valence-corrected chi connectivity index (χ3v) is 3.29. The summed E-state index contributed by atoms with van der Waals surface area (Å²) in [5, 5.41) is 2.83. The van der Waals surface area contributed by atoms with Crippen LogP contribution in [0, 0.1) is 6.92 Å².